The van der Waals surface area contributed by atoms with Crippen LogP contribution in [-0.4, -0.2) is 27.6 Å². The molecule has 5 nitrogen and oxygen atoms in total. The molecule has 5 rings (SSSR count). The molecule has 2 atom stereocenters. The third-order valence-electron chi connectivity index (χ3n) is 6.56. The summed E-state index contributed by atoms with van der Waals surface area (Å²) in [6.07, 6.45) is 3.83. The van der Waals surface area contributed by atoms with Gasteiger partial charge in [0.25, 0.3) is 5.91 Å². The predicted octanol–water partition coefficient (Wildman–Crippen LogP) is 7.87. The molecule has 0 bridgehead atoms. The summed E-state index contributed by atoms with van der Waals surface area (Å²) in [5.41, 5.74) is 2.93. The highest BCUT2D eigenvalue weighted by atomic mass is 79.9. The highest BCUT2D eigenvalue weighted by molar-refractivity contribution is 9.10. The zero-order chi connectivity index (χ0) is 25.8. The number of amides is 1. The Labute approximate surface area is 234 Å². The minimum Gasteiger partial charge on any atom is -0.371 e. The van der Waals surface area contributed by atoms with E-state index >= 15 is 0 Å². The molecule has 8 heteroatoms. The third-order valence-corrected chi connectivity index (χ3v) is 7.87. The van der Waals surface area contributed by atoms with Crippen molar-refractivity contribution in [2.24, 2.45) is 0 Å². The molecule has 0 aliphatic heterocycles. The van der Waals surface area contributed by atoms with E-state index in [9.17, 15) is 4.79 Å². The van der Waals surface area contributed by atoms with Crippen LogP contribution in [0.2, 0.25) is 10.0 Å². The Balaban J connectivity index is 1.43. The molecule has 3 aromatic carbocycles. The van der Waals surface area contributed by atoms with Gasteiger partial charge in [-0.3, -0.25) is 9.36 Å². The zero-order valence-electron chi connectivity index (χ0n) is 20.0. The Kier molecular flexibility index (Phi) is 8.30. The smallest absolute Gasteiger partial charge is 0.273 e. The lowest BCUT2D eigenvalue weighted by Gasteiger charge is -2.32. The quantitative estimate of drug-likeness (QED) is 0.235. The fourth-order valence-corrected chi connectivity index (χ4v) is 5.66. The number of rotatable bonds is 7. The largest absolute Gasteiger partial charge is 0.371 e. The number of carbonyl (C=O) groups excluding carboxylic acids is 1. The lowest BCUT2D eigenvalue weighted by molar-refractivity contribution is -0.00466. The number of nitrogens with one attached hydrogen (secondary N) is 1. The van der Waals surface area contributed by atoms with Gasteiger partial charge in [-0.25, -0.2) is 4.98 Å². The average molecular weight is 599 g/mol. The van der Waals surface area contributed by atoms with Crippen molar-refractivity contribution in [3.05, 3.63) is 105 Å². The van der Waals surface area contributed by atoms with Gasteiger partial charge in [-0.1, -0.05) is 78.5 Å². The number of nitrogens with zero attached hydrogens (tertiary/aromatic N) is 2. The summed E-state index contributed by atoms with van der Waals surface area (Å²) >= 11 is 16.3. The number of carbonyl (C=O) groups is 1. The highest BCUT2D eigenvalue weighted by Crippen LogP contribution is 2.34. The lowest BCUT2D eigenvalue weighted by Crippen LogP contribution is -2.46. The summed E-state index contributed by atoms with van der Waals surface area (Å²) in [7, 11) is 0. The predicted molar refractivity (Wildman–Crippen MR) is 151 cm³/mol. The minimum atomic E-state index is -0.256. The molecule has 0 saturated heterocycles. The Hall–Kier alpha value is -2.64. The van der Waals surface area contributed by atoms with Gasteiger partial charge in [0, 0.05) is 16.3 Å². The van der Waals surface area contributed by atoms with Crippen LogP contribution >= 0.6 is 39.1 Å². The van der Waals surface area contributed by atoms with Crippen molar-refractivity contribution in [1.29, 1.82) is 0 Å². The second-order valence-corrected chi connectivity index (χ2v) is 10.7. The molecule has 1 saturated carbocycles. The van der Waals surface area contributed by atoms with E-state index in [2.05, 4.69) is 21.2 Å². The van der Waals surface area contributed by atoms with Gasteiger partial charge >= 0.3 is 0 Å². The Morgan fingerprint density at radius 2 is 1.68 bits per heavy atom. The Morgan fingerprint density at radius 3 is 2.43 bits per heavy atom. The topological polar surface area (TPSA) is 56.1 Å². The first-order chi connectivity index (χ1) is 18.0. The van der Waals surface area contributed by atoms with Gasteiger partial charge in [-0.15, -0.1) is 0 Å². The first-order valence-electron chi connectivity index (χ1n) is 12.3. The van der Waals surface area contributed by atoms with E-state index in [0.29, 0.717) is 27.1 Å². The molecule has 0 unspecified atom stereocenters. The second-order valence-electron chi connectivity index (χ2n) is 9.07. The van der Waals surface area contributed by atoms with E-state index in [4.69, 9.17) is 32.9 Å². The van der Waals surface area contributed by atoms with Crippen LogP contribution in [0, 0.1) is 0 Å². The van der Waals surface area contributed by atoms with E-state index in [0.717, 1.165) is 42.5 Å². The molecule has 1 aliphatic rings. The van der Waals surface area contributed by atoms with Gasteiger partial charge < -0.3 is 10.1 Å². The summed E-state index contributed by atoms with van der Waals surface area (Å²) in [5, 5.41) is 4.37. The van der Waals surface area contributed by atoms with Crippen molar-refractivity contribution >= 4 is 45.0 Å². The monoisotopic (exact) mass is 597 g/mol. The van der Waals surface area contributed by atoms with Crippen LogP contribution in [0.1, 0.15) is 41.7 Å². The van der Waals surface area contributed by atoms with Crippen LogP contribution in [0.15, 0.2) is 83.5 Å². The second kappa shape index (κ2) is 11.8. The molecule has 1 amide bonds. The molecule has 190 valence electrons. The lowest BCUT2D eigenvalue weighted by atomic mass is 9.92. The molecular weight excluding hydrogens is 573 g/mol. The van der Waals surface area contributed by atoms with Crippen LogP contribution in [0.4, 0.5) is 0 Å². The number of benzene rings is 3. The molecule has 4 aromatic rings. The summed E-state index contributed by atoms with van der Waals surface area (Å²) in [6.45, 7) is 0.517. The number of hydrogen-bond donors (Lipinski definition) is 1. The van der Waals surface area contributed by atoms with Gasteiger partial charge in [0.1, 0.15) is 10.4 Å². The molecular formula is C29H26BrCl2N3O2. The number of halogens is 3. The normalized spacial score (nSPS) is 17.5. The summed E-state index contributed by atoms with van der Waals surface area (Å²) in [4.78, 5) is 18.4. The van der Waals surface area contributed by atoms with Gasteiger partial charge in [-0.2, -0.15) is 0 Å². The van der Waals surface area contributed by atoms with Crippen molar-refractivity contribution in [3.8, 4) is 17.1 Å². The van der Waals surface area contributed by atoms with E-state index in [1.54, 1.807) is 12.1 Å². The summed E-state index contributed by atoms with van der Waals surface area (Å²) in [5.74, 6) is 0.304. The first kappa shape index (κ1) is 26.0. The van der Waals surface area contributed by atoms with Crippen LogP contribution in [-0.2, 0) is 11.3 Å². The molecule has 1 N–H and O–H groups in total. The Morgan fingerprint density at radius 1 is 0.973 bits per heavy atom. The average Bonchev–Trinajstić information content (AvgIpc) is 3.26. The molecule has 1 aliphatic carbocycles. The van der Waals surface area contributed by atoms with E-state index in [1.807, 2.05) is 71.3 Å². The van der Waals surface area contributed by atoms with Crippen molar-refractivity contribution in [2.75, 3.05) is 0 Å². The highest BCUT2D eigenvalue weighted by Gasteiger charge is 2.30. The van der Waals surface area contributed by atoms with Crippen molar-refractivity contribution in [3.63, 3.8) is 0 Å². The maximum atomic E-state index is 13.6. The molecule has 1 heterocycles. The molecule has 37 heavy (non-hydrogen) atoms. The Bertz CT molecular complexity index is 1380. The van der Waals surface area contributed by atoms with Gasteiger partial charge in [0.05, 0.1) is 23.8 Å². The zero-order valence-corrected chi connectivity index (χ0v) is 23.1. The van der Waals surface area contributed by atoms with Gasteiger partial charge in [0.15, 0.2) is 5.69 Å². The van der Waals surface area contributed by atoms with Gasteiger partial charge in [-0.05, 0) is 70.7 Å². The van der Waals surface area contributed by atoms with Crippen LogP contribution in [0.5, 0.6) is 0 Å². The van der Waals surface area contributed by atoms with Crippen LogP contribution in [0.25, 0.3) is 17.1 Å². The SMILES string of the molecule is O=C(N[C@H]1CCCC[C@@H]1OCc1ccccc1)c1nc(-c2ccccc2Cl)n(-c2ccc(Cl)cc2)c1Br. The van der Waals surface area contributed by atoms with E-state index in [1.165, 1.54) is 0 Å². The van der Waals surface area contributed by atoms with Crippen molar-refractivity contribution in [2.45, 2.75) is 44.4 Å². The number of imidazole rings is 1. The molecule has 0 spiro atoms. The maximum Gasteiger partial charge on any atom is 0.273 e. The third kappa shape index (κ3) is 5.93. The molecule has 1 fully saturated rings. The fourth-order valence-electron chi connectivity index (χ4n) is 4.67. The van der Waals surface area contributed by atoms with Gasteiger partial charge in [0.2, 0.25) is 0 Å². The van der Waals surface area contributed by atoms with Crippen molar-refractivity contribution in [1.82, 2.24) is 14.9 Å². The maximum absolute atomic E-state index is 13.6. The number of aromatic nitrogens is 2. The molecule has 0 radical (unpaired) electrons. The first-order valence-corrected chi connectivity index (χ1v) is 13.8. The number of hydrogen-bond acceptors (Lipinski definition) is 3. The summed E-state index contributed by atoms with van der Waals surface area (Å²) in [6, 6.07) is 24.8. The summed E-state index contributed by atoms with van der Waals surface area (Å²) < 4.78 is 8.67. The van der Waals surface area contributed by atoms with Crippen LogP contribution < -0.4 is 5.32 Å². The van der Waals surface area contributed by atoms with Crippen LogP contribution in [0.3, 0.4) is 0 Å². The molecule has 1 aromatic heterocycles. The fraction of sp³-hybridized carbons (Fsp3) is 0.241. The standard InChI is InChI=1S/C29H26BrCl2N3O2/c30-27-26(29(36)33-24-12-6-7-13-25(24)37-18-19-8-2-1-3-9-19)34-28(22-10-4-5-11-23(22)32)35(27)21-16-14-20(31)15-17-21/h1-5,8-11,14-17,24-25H,6-7,12-13,18H2,(H,33,36)/t24-,25-/m0/s1. The minimum absolute atomic E-state index is 0.0573. The van der Waals surface area contributed by atoms with E-state index in [-0.39, 0.29) is 23.7 Å². The van der Waals surface area contributed by atoms with Crippen molar-refractivity contribution < 1.29 is 9.53 Å². The van der Waals surface area contributed by atoms with E-state index < -0.39 is 0 Å². The number of ether oxygens (including phenoxy) is 1.